The van der Waals surface area contributed by atoms with Gasteiger partial charge in [0, 0.05) is 13.1 Å². The highest BCUT2D eigenvalue weighted by molar-refractivity contribution is 5.78. The van der Waals surface area contributed by atoms with Crippen LogP contribution in [-0.2, 0) is 4.79 Å². The average molecular weight is 151 g/mol. The molecule has 3 nitrogen and oxygen atoms in total. The number of carbonyl (C=O) groups excluding carboxylic acids is 1. The molecule has 1 radical (unpaired) electrons. The lowest BCUT2D eigenvalue weighted by Crippen LogP contribution is -2.35. The Morgan fingerprint density at radius 3 is 2.73 bits per heavy atom. The van der Waals surface area contributed by atoms with Gasteiger partial charge in [-0.3, -0.25) is 4.79 Å². The van der Waals surface area contributed by atoms with Gasteiger partial charge in [0.2, 0.25) is 5.91 Å². The Morgan fingerprint density at radius 2 is 2.18 bits per heavy atom. The summed E-state index contributed by atoms with van der Waals surface area (Å²) < 4.78 is 0. The lowest BCUT2D eigenvalue weighted by Gasteiger charge is -2.25. The number of nitrogens with zero attached hydrogens (tertiary/aromatic N) is 2. The summed E-state index contributed by atoms with van der Waals surface area (Å²) in [6.45, 7) is 1.58. The fourth-order valence-corrected chi connectivity index (χ4v) is 1.18. The van der Waals surface area contributed by atoms with E-state index in [2.05, 4.69) is 6.42 Å². The van der Waals surface area contributed by atoms with Crippen molar-refractivity contribution in [3.63, 3.8) is 0 Å². The van der Waals surface area contributed by atoms with E-state index in [0.29, 0.717) is 0 Å². The van der Waals surface area contributed by atoms with Crippen LogP contribution in [0.25, 0.3) is 0 Å². The molecule has 1 aliphatic heterocycles. The van der Waals surface area contributed by atoms with Gasteiger partial charge in [0.05, 0.1) is 6.07 Å². The van der Waals surface area contributed by atoms with E-state index in [4.69, 9.17) is 5.26 Å². The Morgan fingerprint density at radius 1 is 1.55 bits per heavy atom. The Labute approximate surface area is 66.6 Å². The van der Waals surface area contributed by atoms with Crippen LogP contribution in [-0.4, -0.2) is 23.9 Å². The van der Waals surface area contributed by atoms with Gasteiger partial charge in [-0.25, -0.2) is 0 Å². The van der Waals surface area contributed by atoms with E-state index in [1.54, 1.807) is 4.90 Å². The summed E-state index contributed by atoms with van der Waals surface area (Å²) in [4.78, 5) is 12.8. The van der Waals surface area contributed by atoms with Gasteiger partial charge in [0.15, 0.2) is 0 Å². The first kappa shape index (κ1) is 8.06. The van der Waals surface area contributed by atoms with Crippen LogP contribution in [0.2, 0.25) is 0 Å². The minimum Gasteiger partial charge on any atom is -0.342 e. The predicted octanol–water partition coefficient (Wildman–Crippen LogP) is 0.727. The van der Waals surface area contributed by atoms with Crippen molar-refractivity contribution in [3.05, 3.63) is 6.42 Å². The van der Waals surface area contributed by atoms with Crippen LogP contribution >= 0.6 is 0 Å². The summed E-state index contributed by atoms with van der Waals surface area (Å²) in [5.41, 5.74) is 0. The summed E-state index contributed by atoms with van der Waals surface area (Å²) in [6, 6.07) is 1.86. The molecule has 0 unspecified atom stereocenters. The lowest BCUT2D eigenvalue weighted by atomic mass is 10.1. The van der Waals surface area contributed by atoms with Crippen LogP contribution in [0.5, 0.6) is 0 Å². The van der Waals surface area contributed by atoms with E-state index in [9.17, 15) is 4.79 Å². The number of likely N-dealkylation sites (tertiary alicyclic amines) is 1. The molecule has 59 valence electrons. The first-order chi connectivity index (χ1) is 5.34. The number of rotatable bonds is 1. The summed E-state index contributed by atoms with van der Waals surface area (Å²) in [5.74, 6) is -0.0272. The van der Waals surface area contributed by atoms with Crippen molar-refractivity contribution in [2.75, 3.05) is 13.1 Å². The molecule has 0 aromatic heterocycles. The molecule has 0 aromatic rings. The number of piperidine rings is 1. The molecular weight excluding hydrogens is 140 g/mol. The number of hydrogen-bond donors (Lipinski definition) is 0. The fraction of sp³-hybridized carbons (Fsp3) is 0.625. The summed E-state index contributed by atoms with van der Waals surface area (Å²) in [5, 5.41) is 8.26. The minimum absolute atomic E-state index is 0.0272. The molecule has 0 spiro atoms. The molecule has 1 heterocycles. The molecule has 11 heavy (non-hydrogen) atoms. The van der Waals surface area contributed by atoms with Crippen molar-refractivity contribution in [3.8, 4) is 6.07 Å². The largest absolute Gasteiger partial charge is 0.342 e. The molecule has 1 rings (SSSR count). The Hall–Kier alpha value is -1.04. The van der Waals surface area contributed by atoms with E-state index in [-0.39, 0.29) is 12.3 Å². The normalized spacial score (nSPS) is 17.5. The Bertz CT molecular complexity index is 177. The fourth-order valence-electron chi connectivity index (χ4n) is 1.18. The number of hydrogen-bond acceptors (Lipinski definition) is 2. The van der Waals surface area contributed by atoms with Crippen LogP contribution in [0.1, 0.15) is 19.3 Å². The van der Waals surface area contributed by atoms with Gasteiger partial charge in [-0.05, 0) is 19.3 Å². The zero-order chi connectivity index (χ0) is 8.10. The number of amides is 1. The van der Waals surface area contributed by atoms with E-state index in [1.807, 2.05) is 6.07 Å². The third kappa shape index (κ3) is 2.23. The molecule has 0 saturated carbocycles. The van der Waals surface area contributed by atoms with Crippen molar-refractivity contribution in [1.82, 2.24) is 4.90 Å². The molecule has 0 atom stereocenters. The van der Waals surface area contributed by atoms with Gasteiger partial charge < -0.3 is 4.90 Å². The third-order valence-corrected chi connectivity index (χ3v) is 1.79. The molecule has 3 heteroatoms. The van der Waals surface area contributed by atoms with E-state index in [1.165, 1.54) is 0 Å². The summed E-state index contributed by atoms with van der Waals surface area (Å²) in [6.07, 6.45) is 4.14. The van der Waals surface area contributed by atoms with Crippen molar-refractivity contribution in [1.29, 1.82) is 5.26 Å². The van der Waals surface area contributed by atoms with Crippen molar-refractivity contribution in [2.45, 2.75) is 19.3 Å². The minimum atomic E-state index is -0.0272. The molecule has 0 N–H and O–H groups in total. The van der Waals surface area contributed by atoms with Gasteiger partial charge in [-0.15, -0.1) is 0 Å². The maximum Gasteiger partial charge on any atom is 0.236 e. The molecule has 1 aliphatic rings. The zero-order valence-electron chi connectivity index (χ0n) is 6.42. The van der Waals surface area contributed by atoms with Crippen LogP contribution in [0.4, 0.5) is 0 Å². The van der Waals surface area contributed by atoms with Gasteiger partial charge in [0.25, 0.3) is 0 Å². The maximum atomic E-state index is 11.1. The lowest BCUT2D eigenvalue weighted by molar-refractivity contribution is -0.130. The average Bonchev–Trinajstić information content (AvgIpc) is 2.07. The standard InChI is InChI=1S/C8H11N2O/c9-5-4-8(11)10-6-2-1-3-7-10/h1H,2-4,6-7H2. The molecule has 1 saturated heterocycles. The third-order valence-electron chi connectivity index (χ3n) is 1.79. The number of nitriles is 1. The van der Waals surface area contributed by atoms with Gasteiger partial charge in [-0.2, -0.15) is 5.26 Å². The van der Waals surface area contributed by atoms with Crippen LogP contribution < -0.4 is 0 Å². The second kappa shape index (κ2) is 3.97. The van der Waals surface area contributed by atoms with Gasteiger partial charge >= 0.3 is 0 Å². The van der Waals surface area contributed by atoms with E-state index < -0.39 is 0 Å². The van der Waals surface area contributed by atoms with Crippen LogP contribution in [0.15, 0.2) is 0 Å². The maximum absolute atomic E-state index is 11.1. The molecule has 0 aromatic carbocycles. The van der Waals surface area contributed by atoms with Crippen molar-refractivity contribution >= 4 is 5.91 Å². The van der Waals surface area contributed by atoms with E-state index in [0.717, 1.165) is 25.9 Å². The van der Waals surface area contributed by atoms with Crippen molar-refractivity contribution < 1.29 is 4.79 Å². The first-order valence-electron chi connectivity index (χ1n) is 3.81. The van der Waals surface area contributed by atoms with Gasteiger partial charge in [0.1, 0.15) is 6.42 Å². The monoisotopic (exact) mass is 151 g/mol. The molecular formula is C8H11N2O. The molecule has 1 amide bonds. The first-order valence-corrected chi connectivity index (χ1v) is 3.81. The smallest absolute Gasteiger partial charge is 0.236 e. The zero-order valence-corrected chi connectivity index (χ0v) is 6.42. The highest BCUT2D eigenvalue weighted by Gasteiger charge is 2.15. The summed E-state index contributed by atoms with van der Waals surface area (Å²) >= 11 is 0. The molecule has 1 fully saturated rings. The summed E-state index contributed by atoms with van der Waals surface area (Å²) in [7, 11) is 0. The second-order valence-corrected chi connectivity index (χ2v) is 2.58. The highest BCUT2D eigenvalue weighted by atomic mass is 16.2. The second-order valence-electron chi connectivity index (χ2n) is 2.58. The quantitative estimate of drug-likeness (QED) is 0.554. The van der Waals surface area contributed by atoms with Crippen LogP contribution in [0.3, 0.4) is 0 Å². The molecule has 0 aliphatic carbocycles. The van der Waals surface area contributed by atoms with Crippen molar-refractivity contribution in [2.24, 2.45) is 0 Å². The Balaban J connectivity index is 2.34. The SMILES string of the molecule is N#CCC(=O)N1CC[CH]CC1. The van der Waals surface area contributed by atoms with Crippen LogP contribution in [0, 0.1) is 17.8 Å². The molecule has 0 bridgehead atoms. The Kier molecular flexibility index (Phi) is 2.91. The predicted molar refractivity (Wildman–Crippen MR) is 40.3 cm³/mol. The van der Waals surface area contributed by atoms with Gasteiger partial charge in [-0.1, -0.05) is 0 Å². The topological polar surface area (TPSA) is 44.1 Å². The number of carbonyl (C=O) groups is 1. The van der Waals surface area contributed by atoms with E-state index >= 15 is 0 Å². The highest BCUT2D eigenvalue weighted by Crippen LogP contribution is 2.08.